The average Bonchev–Trinajstić information content (AvgIpc) is 3.69. The van der Waals surface area contributed by atoms with Crippen LogP contribution >= 0.6 is 0 Å². The number of allylic oxidation sites excluding steroid dienone is 3. The van der Waals surface area contributed by atoms with E-state index in [1.54, 1.807) is 19.1 Å². The molecular formula is C42H50FN5. The molecule has 3 aromatic rings. The monoisotopic (exact) mass is 643 g/mol. The first kappa shape index (κ1) is 33.5. The van der Waals surface area contributed by atoms with Gasteiger partial charge in [0.05, 0.1) is 23.3 Å². The summed E-state index contributed by atoms with van der Waals surface area (Å²) in [6.07, 6.45) is 9.10. The number of anilines is 1. The third-order valence-electron chi connectivity index (χ3n) is 10.6. The Morgan fingerprint density at radius 3 is 2.65 bits per heavy atom. The van der Waals surface area contributed by atoms with E-state index >= 15 is 0 Å². The Kier molecular flexibility index (Phi) is 10.0. The lowest BCUT2D eigenvalue weighted by Crippen LogP contribution is -2.50. The van der Waals surface area contributed by atoms with E-state index in [-0.39, 0.29) is 17.9 Å². The molecule has 3 aromatic carbocycles. The van der Waals surface area contributed by atoms with Gasteiger partial charge in [-0.2, -0.15) is 0 Å². The van der Waals surface area contributed by atoms with Crippen LogP contribution in [0.15, 0.2) is 103 Å². The second kappa shape index (κ2) is 14.4. The van der Waals surface area contributed by atoms with Gasteiger partial charge < -0.3 is 20.9 Å². The molecule has 1 saturated heterocycles. The molecule has 3 atom stereocenters. The molecule has 3 aliphatic rings. The molecule has 6 rings (SSSR count). The van der Waals surface area contributed by atoms with Crippen molar-refractivity contribution in [1.82, 2.24) is 15.1 Å². The summed E-state index contributed by atoms with van der Waals surface area (Å²) >= 11 is 0. The molecule has 250 valence electrons. The number of hydrogen-bond acceptors (Lipinski definition) is 5. The smallest absolute Gasteiger partial charge is 0.149 e. The number of hydrogen-bond donors (Lipinski definition) is 3. The van der Waals surface area contributed by atoms with Gasteiger partial charge in [-0.15, -0.1) is 0 Å². The fourth-order valence-electron chi connectivity index (χ4n) is 7.85. The van der Waals surface area contributed by atoms with Crippen molar-refractivity contribution in [3.05, 3.63) is 142 Å². The fraction of sp³-hybridized carbons (Fsp3) is 0.357. The lowest BCUT2D eigenvalue weighted by molar-refractivity contribution is 0.211. The number of aryl methyl sites for hydroxylation is 3. The number of benzene rings is 3. The van der Waals surface area contributed by atoms with Gasteiger partial charge in [-0.25, -0.2) is 4.39 Å². The topological polar surface area (TPSA) is 54.4 Å². The van der Waals surface area contributed by atoms with Gasteiger partial charge in [0.1, 0.15) is 5.82 Å². The Hall–Kier alpha value is -4.42. The second-order valence-corrected chi connectivity index (χ2v) is 13.6. The minimum absolute atomic E-state index is 0.187. The van der Waals surface area contributed by atoms with Crippen molar-refractivity contribution in [2.75, 3.05) is 31.5 Å². The molecule has 1 fully saturated rings. The van der Waals surface area contributed by atoms with Crippen molar-refractivity contribution in [3.63, 3.8) is 0 Å². The van der Waals surface area contributed by atoms with E-state index in [1.807, 2.05) is 12.1 Å². The van der Waals surface area contributed by atoms with Gasteiger partial charge in [-0.3, -0.25) is 4.90 Å². The molecule has 0 bridgehead atoms. The van der Waals surface area contributed by atoms with Gasteiger partial charge in [0.25, 0.3) is 0 Å². The van der Waals surface area contributed by atoms with Crippen LogP contribution in [0.3, 0.4) is 0 Å². The predicted octanol–water partition coefficient (Wildman–Crippen LogP) is 8.86. The molecule has 0 spiro atoms. The molecule has 1 aliphatic heterocycles. The van der Waals surface area contributed by atoms with Crippen LogP contribution in [0.5, 0.6) is 0 Å². The lowest BCUT2D eigenvalue weighted by atomic mass is 9.92. The molecule has 3 unspecified atom stereocenters. The van der Waals surface area contributed by atoms with Gasteiger partial charge in [-0.1, -0.05) is 73.8 Å². The van der Waals surface area contributed by atoms with Crippen LogP contribution in [0.25, 0.3) is 5.57 Å². The van der Waals surface area contributed by atoms with Crippen LogP contribution in [0.4, 0.5) is 10.1 Å². The Morgan fingerprint density at radius 1 is 1.04 bits per heavy atom. The van der Waals surface area contributed by atoms with Crippen molar-refractivity contribution < 1.29 is 4.39 Å². The van der Waals surface area contributed by atoms with Crippen LogP contribution in [0.2, 0.25) is 0 Å². The third-order valence-corrected chi connectivity index (χ3v) is 10.6. The minimum Gasteiger partial charge on any atom is -0.370 e. The summed E-state index contributed by atoms with van der Waals surface area (Å²) < 4.78 is 14.8. The molecule has 1 heterocycles. The highest BCUT2D eigenvalue weighted by Gasteiger charge is 2.37. The third kappa shape index (κ3) is 6.64. The lowest BCUT2D eigenvalue weighted by Gasteiger charge is -2.40. The largest absolute Gasteiger partial charge is 0.370 e. The SMILES string of the molecule is C=C(NCC(C(=N)c1ccc(C)c(C)c1)N(CC)C(=C)C1CCCN1CC1C2=C(CCC=C2)c2ccccc21)Nc1cccc(C)c1F. The first-order valence-corrected chi connectivity index (χ1v) is 17.5. The van der Waals surface area contributed by atoms with Crippen molar-refractivity contribution >= 4 is 17.0 Å². The Morgan fingerprint density at radius 2 is 1.85 bits per heavy atom. The minimum atomic E-state index is -0.309. The summed E-state index contributed by atoms with van der Waals surface area (Å²) in [5.74, 6) is 0.561. The van der Waals surface area contributed by atoms with E-state index in [2.05, 4.69) is 96.3 Å². The van der Waals surface area contributed by atoms with Crippen LogP contribution in [-0.4, -0.2) is 53.8 Å². The van der Waals surface area contributed by atoms with Crippen molar-refractivity contribution in [1.29, 1.82) is 5.41 Å². The van der Waals surface area contributed by atoms with Gasteiger partial charge in [0.2, 0.25) is 0 Å². The molecule has 0 radical (unpaired) electrons. The zero-order chi connectivity index (χ0) is 33.9. The molecule has 3 N–H and O–H groups in total. The van der Waals surface area contributed by atoms with E-state index in [1.165, 1.54) is 27.8 Å². The van der Waals surface area contributed by atoms with Crippen LogP contribution in [0, 0.1) is 32.0 Å². The summed E-state index contributed by atoms with van der Waals surface area (Å²) in [5, 5.41) is 16.0. The molecule has 5 nitrogen and oxygen atoms in total. The van der Waals surface area contributed by atoms with Crippen LogP contribution < -0.4 is 10.6 Å². The summed E-state index contributed by atoms with van der Waals surface area (Å²) in [4.78, 5) is 4.94. The van der Waals surface area contributed by atoms with Crippen molar-refractivity contribution in [2.45, 2.75) is 71.4 Å². The highest BCUT2D eigenvalue weighted by Crippen LogP contribution is 2.47. The van der Waals surface area contributed by atoms with E-state index in [0.29, 0.717) is 41.8 Å². The molecule has 6 heteroatoms. The number of likely N-dealkylation sites (tertiary alicyclic amines) is 1. The van der Waals surface area contributed by atoms with E-state index in [0.717, 1.165) is 55.6 Å². The first-order valence-electron chi connectivity index (χ1n) is 17.5. The number of likely N-dealkylation sites (N-methyl/N-ethyl adjacent to an activating group) is 1. The highest BCUT2D eigenvalue weighted by atomic mass is 19.1. The second-order valence-electron chi connectivity index (χ2n) is 13.6. The van der Waals surface area contributed by atoms with Gasteiger partial charge in [0, 0.05) is 37.3 Å². The fourth-order valence-corrected chi connectivity index (χ4v) is 7.85. The Balaban J connectivity index is 1.24. The van der Waals surface area contributed by atoms with Crippen molar-refractivity contribution in [3.8, 4) is 0 Å². The highest BCUT2D eigenvalue weighted by molar-refractivity contribution is 6.02. The number of nitrogens with one attached hydrogen (secondary N) is 3. The molecule has 2 aliphatic carbocycles. The molecule has 0 aromatic heterocycles. The number of halogens is 1. The average molecular weight is 644 g/mol. The molecular weight excluding hydrogens is 593 g/mol. The summed E-state index contributed by atoms with van der Waals surface area (Å²) in [5.41, 5.74) is 11.7. The number of fused-ring (bicyclic) bond motifs is 2. The Bertz CT molecular complexity index is 1780. The standard InChI is InChI=1S/C42H50FN5/c1-7-48(30(5)39-20-13-23-47(39)26-37-35-17-10-8-15-33(35)34-16-9-11-18-36(34)37)40(42(44)32-22-21-27(2)29(4)24-32)25-45-31(6)46-38-19-12-14-28(3)41(38)43/h8,10-12,14-15,17-19,21-22,24,37,39-40,44-46H,5-7,9,13,16,20,23,25-26H2,1-4H3. The van der Waals surface area contributed by atoms with Gasteiger partial charge >= 0.3 is 0 Å². The van der Waals surface area contributed by atoms with Crippen molar-refractivity contribution in [2.24, 2.45) is 0 Å². The van der Waals surface area contributed by atoms with E-state index in [4.69, 9.17) is 6.58 Å². The summed E-state index contributed by atoms with van der Waals surface area (Å²) in [7, 11) is 0. The zero-order valence-corrected chi connectivity index (χ0v) is 29.0. The van der Waals surface area contributed by atoms with Gasteiger partial charge in [0.15, 0.2) is 0 Å². The molecule has 0 saturated carbocycles. The first-order chi connectivity index (χ1) is 23.2. The summed E-state index contributed by atoms with van der Waals surface area (Å²) in [6, 6.07) is 20.4. The quantitative estimate of drug-likeness (QED) is 0.163. The van der Waals surface area contributed by atoms with E-state index in [9.17, 15) is 9.80 Å². The normalized spacial score (nSPS) is 19.1. The van der Waals surface area contributed by atoms with Gasteiger partial charge in [-0.05, 0) is 117 Å². The molecule has 48 heavy (non-hydrogen) atoms. The van der Waals surface area contributed by atoms with E-state index < -0.39 is 0 Å². The number of rotatable bonds is 13. The number of nitrogens with zero attached hydrogens (tertiary/aromatic N) is 2. The zero-order valence-electron chi connectivity index (χ0n) is 29.0. The Labute approximate surface area is 286 Å². The van der Waals surface area contributed by atoms with Crippen LogP contribution in [0.1, 0.15) is 71.9 Å². The predicted molar refractivity (Wildman–Crippen MR) is 199 cm³/mol. The molecule has 0 amide bonds. The maximum absolute atomic E-state index is 14.8. The van der Waals surface area contributed by atoms with Crippen LogP contribution in [-0.2, 0) is 0 Å². The maximum Gasteiger partial charge on any atom is 0.149 e. The maximum atomic E-state index is 14.8. The summed E-state index contributed by atoms with van der Waals surface area (Å²) in [6.45, 7) is 20.1.